The van der Waals surface area contributed by atoms with E-state index in [2.05, 4.69) is 22.1 Å². The Hall–Kier alpha value is -2.28. The molecule has 0 aliphatic rings. The zero-order valence-corrected chi connectivity index (χ0v) is 12.1. The molecule has 0 spiro atoms. The second-order valence-electron chi connectivity index (χ2n) is 4.33. The monoisotopic (exact) mass is 306 g/mol. The predicted molar refractivity (Wildman–Crippen MR) is 80.0 cm³/mol. The lowest BCUT2D eigenvalue weighted by molar-refractivity contribution is 0.0950. The number of carbonyl (C=O) groups is 1. The Kier molecular flexibility index (Phi) is 4.99. The van der Waals surface area contributed by atoms with Crippen LogP contribution in [0.15, 0.2) is 36.9 Å². The standard InChI is InChI=1S/C14H15FN4OS/c1-2-9-19-12(17-18-14(19)21)7-8-16-13(20)10-5-3-4-6-11(10)15/h2-6H,1,7-9H2,(H,16,20)(H,18,21). The molecule has 110 valence electrons. The normalized spacial score (nSPS) is 10.3. The molecule has 2 N–H and O–H groups in total. The van der Waals surface area contributed by atoms with Gasteiger partial charge in [0.25, 0.3) is 5.91 Å². The van der Waals surface area contributed by atoms with Gasteiger partial charge in [0, 0.05) is 19.5 Å². The minimum atomic E-state index is -0.538. The fraction of sp³-hybridized carbons (Fsp3) is 0.214. The van der Waals surface area contributed by atoms with Gasteiger partial charge in [0.1, 0.15) is 11.6 Å². The van der Waals surface area contributed by atoms with Crippen molar-refractivity contribution in [2.45, 2.75) is 13.0 Å². The fourth-order valence-electron chi connectivity index (χ4n) is 1.89. The second kappa shape index (κ2) is 6.94. The molecule has 0 saturated heterocycles. The van der Waals surface area contributed by atoms with Crippen molar-refractivity contribution >= 4 is 18.1 Å². The van der Waals surface area contributed by atoms with Crippen molar-refractivity contribution < 1.29 is 9.18 Å². The second-order valence-corrected chi connectivity index (χ2v) is 4.72. The van der Waals surface area contributed by atoms with Gasteiger partial charge in [0.15, 0.2) is 4.77 Å². The number of hydrogen-bond acceptors (Lipinski definition) is 3. The van der Waals surface area contributed by atoms with Crippen LogP contribution >= 0.6 is 12.2 Å². The highest BCUT2D eigenvalue weighted by Crippen LogP contribution is 2.06. The van der Waals surface area contributed by atoms with E-state index in [0.29, 0.717) is 30.1 Å². The Morgan fingerprint density at radius 3 is 3.00 bits per heavy atom. The molecule has 7 heteroatoms. The Morgan fingerprint density at radius 2 is 2.29 bits per heavy atom. The van der Waals surface area contributed by atoms with Gasteiger partial charge in [-0.15, -0.1) is 6.58 Å². The van der Waals surface area contributed by atoms with Gasteiger partial charge < -0.3 is 9.88 Å². The molecule has 1 aromatic carbocycles. The average molecular weight is 306 g/mol. The summed E-state index contributed by atoms with van der Waals surface area (Å²) in [7, 11) is 0. The predicted octanol–water partition coefficient (Wildman–Crippen LogP) is 2.24. The van der Waals surface area contributed by atoms with Crippen LogP contribution in [-0.4, -0.2) is 27.2 Å². The Labute approximate surface area is 126 Å². The Balaban J connectivity index is 1.96. The molecule has 0 aliphatic carbocycles. The smallest absolute Gasteiger partial charge is 0.254 e. The van der Waals surface area contributed by atoms with Gasteiger partial charge in [-0.25, -0.2) is 4.39 Å². The van der Waals surface area contributed by atoms with Gasteiger partial charge in [-0.05, 0) is 24.4 Å². The summed E-state index contributed by atoms with van der Waals surface area (Å²) >= 11 is 5.09. The number of allylic oxidation sites excluding steroid dienone is 1. The van der Waals surface area contributed by atoms with Crippen LogP contribution in [0, 0.1) is 10.6 Å². The highest BCUT2D eigenvalue weighted by atomic mass is 32.1. The third kappa shape index (κ3) is 3.63. The molecule has 0 unspecified atom stereocenters. The highest BCUT2D eigenvalue weighted by Gasteiger charge is 2.11. The topological polar surface area (TPSA) is 62.7 Å². The molecule has 0 saturated carbocycles. The van der Waals surface area contributed by atoms with Crippen LogP contribution in [0.5, 0.6) is 0 Å². The van der Waals surface area contributed by atoms with E-state index in [-0.39, 0.29) is 5.56 Å². The van der Waals surface area contributed by atoms with Crippen molar-refractivity contribution in [3.05, 3.63) is 58.9 Å². The molecule has 0 atom stereocenters. The number of aromatic amines is 1. The maximum absolute atomic E-state index is 13.5. The number of rotatable bonds is 6. The van der Waals surface area contributed by atoms with Gasteiger partial charge in [0.2, 0.25) is 0 Å². The quantitative estimate of drug-likeness (QED) is 0.635. The summed E-state index contributed by atoms with van der Waals surface area (Å²) in [4.78, 5) is 11.8. The molecule has 0 aliphatic heterocycles. The largest absolute Gasteiger partial charge is 0.351 e. The van der Waals surface area contributed by atoms with Crippen LogP contribution in [0.4, 0.5) is 4.39 Å². The van der Waals surface area contributed by atoms with Crippen LogP contribution in [0.25, 0.3) is 0 Å². The number of benzene rings is 1. The summed E-state index contributed by atoms with van der Waals surface area (Å²) in [6, 6.07) is 5.86. The first-order valence-electron chi connectivity index (χ1n) is 6.41. The molecule has 2 rings (SSSR count). The first-order valence-corrected chi connectivity index (χ1v) is 6.82. The number of nitrogens with one attached hydrogen (secondary N) is 2. The number of H-pyrrole nitrogens is 1. The van der Waals surface area contributed by atoms with Gasteiger partial charge >= 0.3 is 0 Å². The lowest BCUT2D eigenvalue weighted by Crippen LogP contribution is -2.27. The van der Waals surface area contributed by atoms with E-state index < -0.39 is 11.7 Å². The average Bonchev–Trinajstić information content (AvgIpc) is 2.81. The summed E-state index contributed by atoms with van der Waals surface area (Å²) < 4.78 is 15.7. The third-order valence-electron chi connectivity index (χ3n) is 2.90. The molecule has 0 fully saturated rings. The number of carbonyl (C=O) groups excluding carboxylic acids is 1. The molecular formula is C14H15FN4OS. The number of halogens is 1. The van der Waals surface area contributed by atoms with Crippen LogP contribution in [0.3, 0.4) is 0 Å². The number of hydrogen-bond donors (Lipinski definition) is 2. The van der Waals surface area contributed by atoms with E-state index in [9.17, 15) is 9.18 Å². The van der Waals surface area contributed by atoms with Crippen LogP contribution in [-0.2, 0) is 13.0 Å². The first kappa shape index (κ1) is 15.1. The van der Waals surface area contributed by atoms with E-state index in [1.807, 2.05) is 0 Å². The molecule has 1 heterocycles. The van der Waals surface area contributed by atoms with Crippen molar-refractivity contribution in [3.8, 4) is 0 Å². The Morgan fingerprint density at radius 1 is 1.52 bits per heavy atom. The molecule has 0 radical (unpaired) electrons. The van der Waals surface area contributed by atoms with Crippen molar-refractivity contribution in [1.29, 1.82) is 0 Å². The van der Waals surface area contributed by atoms with Gasteiger partial charge in [-0.2, -0.15) is 5.10 Å². The van der Waals surface area contributed by atoms with E-state index in [1.165, 1.54) is 12.1 Å². The maximum Gasteiger partial charge on any atom is 0.254 e. The maximum atomic E-state index is 13.5. The van der Waals surface area contributed by atoms with Gasteiger partial charge in [0.05, 0.1) is 5.56 Å². The zero-order chi connectivity index (χ0) is 15.2. The SMILES string of the molecule is C=CCn1c(CCNC(=O)c2ccccc2F)n[nH]c1=S. The number of nitrogens with zero attached hydrogens (tertiary/aromatic N) is 2. The van der Waals surface area contributed by atoms with E-state index in [4.69, 9.17) is 12.2 Å². The van der Waals surface area contributed by atoms with Crippen molar-refractivity contribution in [2.75, 3.05) is 6.54 Å². The number of amides is 1. The summed E-state index contributed by atoms with van der Waals surface area (Å²) in [5.41, 5.74) is 0.0301. The molecule has 1 aromatic heterocycles. The van der Waals surface area contributed by atoms with Crippen molar-refractivity contribution in [1.82, 2.24) is 20.1 Å². The van der Waals surface area contributed by atoms with Crippen molar-refractivity contribution in [2.24, 2.45) is 0 Å². The fourth-order valence-corrected chi connectivity index (χ4v) is 2.11. The molecule has 5 nitrogen and oxygen atoms in total. The van der Waals surface area contributed by atoms with Crippen LogP contribution < -0.4 is 5.32 Å². The van der Waals surface area contributed by atoms with E-state index in [0.717, 1.165) is 0 Å². The minimum Gasteiger partial charge on any atom is -0.351 e. The number of aromatic nitrogens is 3. The van der Waals surface area contributed by atoms with E-state index >= 15 is 0 Å². The molecule has 2 aromatic rings. The van der Waals surface area contributed by atoms with Gasteiger partial charge in [-0.3, -0.25) is 9.89 Å². The van der Waals surface area contributed by atoms with Crippen LogP contribution in [0.2, 0.25) is 0 Å². The van der Waals surface area contributed by atoms with E-state index in [1.54, 1.807) is 22.8 Å². The molecule has 21 heavy (non-hydrogen) atoms. The van der Waals surface area contributed by atoms with Crippen LogP contribution in [0.1, 0.15) is 16.2 Å². The molecular weight excluding hydrogens is 291 g/mol. The summed E-state index contributed by atoms with van der Waals surface area (Å²) in [5, 5.41) is 9.45. The highest BCUT2D eigenvalue weighted by molar-refractivity contribution is 7.71. The minimum absolute atomic E-state index is 0.0301. The summed E-state index contributed by atoms with van der Waals surface area (Å²) in [5.74, 6) is -0.268. The lowest BCUT2D eigenvalue weighted by Gasteiger charge is -2.06. The lowest BCUT2D eigenvalue weighted by atomic mass is 10.2. The van der Waals surface area contributed by atoms with Crippen molar-refractivity contribution in [3.63, 3.8) is 0 Å². The zero-order valence-electron chi connectivity index (χ0n) is 11.3. The first-order chi connectivity index (χ1) is 10.1. The summed E-state index contributed by atoms with van der Waals surface area (Å²) in [6.45, 7) is 4.54. The summed E-state index contributed by atoms with van der Waals surface area (Å²) in [6.07, 6.45) is 2.20. The Bertz CT molecular complexity index is 707. The molecule has 0 bridgehead atoms. The van der Waals surface area contributed by atoms with Gasteiger partial charge in [-0.1, -0.05) is 18.2 Å². The molecule has 1 amide bonds. The third-order valence-corrected chi connectivity index (χ3v) is 3.21.